The lowest BCUT2D eigenvalue weighted by Crippen LogP contribution is -2.30. The van der Waals surface area contributed by atoms with Crippen LogP contribution in [0.5, 0.6) is 0 Å². The Labute approximate surface area is 122 Å². The predicted octanol–water partition coefficient (Wildman–Crippen LogP) is 3.73. The SMILES string of the molecule is CCc1cccc(C(NN)c2c(C)cc(C)cc2C)c1. The molecule has 0 bridgehead atoms. The van der Waals surface area contributed by atoms with Crippen molar-refractivity contribution in [1.82, 2.24) is 5.43 Å². The van der Waals surface area contributed by atoms with Gasteiger partial charge in [-0.25, -0.2) is 5.43 Å². The Kier molecular flexibility index (Phi) is 4.58. The summed E-state index contributed by atoms with van der Waals surface area (Å²) in [6.45, 7) is 8.62. The number of nitrogens with one attached hydrogen (secondary N) is 1. The van der Waals surface area contributed by atoms with Gasteiger partial charge in [0.1, 0.15) is 0 Å². The number of rotatable bonds is 4. The summed E-state index contributed by atoms with van der Waals surface area (Å²) >= 11 is 0. The molecule has 1 unspecified atom stereocenters. The first-order chi connectivity index (χ1) is 9.56. The average molecular weight is 268 g/mol. The second-order valence-electron chi connectivity index (χ2n) is 5.51. The minimum Gasteiger partial charge on any atom is -0.271 e. The fourth-order valence-electron chi connectivity index (χ4n) is 2.99. The third-order valence-electron chi connectivity index (χ3n) is 3.89. The van der Waals surface area contributed by atoms with Gasteiger partial charge in [0.15, 0.2) is 0 Å². The highest BCUT2D eigenvalue weighted by molar-refractivity contribution is 5.44. The molecule has 0 aliphatic rings. The highest BCUT2D eigenvalue weighted by Crippen LogP contribution is 2.28. The lowest BCUT2D eigenvalue weighted by molar-refractivity contribution is 0.629. The van der Waals surface area contributed by atoms with Crippen molar-refractivity contribution in [1.29, 1.82) is 0 Å². The number of aryl methyl sites for hydroxylation is 4. The highest BCUT2D eigenvalue weighted by atomic mass is 15.2. The van der Waals surface area contributed by atoms with E-state index >= 15 is 0 Å². The Morgan fingerprint density at radius 3 is 2.25 bits per heavy atom. The molecule has 2 aromatic rings. The number of hydrogen-bond acceptors (Lipinski definition) is 2. The molecule has 0 aliphatic heterocycles. The van der Waals surface area contributed by atoms with Gasteiger partial charge in [-0.05, 0) is 55.0 Å². The average Bonchev–Trinajstić information content (AvgIpc) is 2.42. The monoisotopic (exact) mass is 268 g/mol. The van der Waals surface area contributed by atoms with Crippen LogP contribution in [0, 0.1) is 20.8 Å². The molecule has 106 valence electrons. The van der Waals surface area contributed by atoms with Gasteiger partial charge < -0.3 is 0 Å². The van der Waals surface area contributed by atoms with Gasteiger partial charge in [-0.15, -0.1) is 0 Å². The zero-order valence-corrected chi connectivity index (χ0v) is 12.8. The molecule has 0 radical (unpaired) electrons. The Morgan fingerprint density at radius 1 is 1.05 bits per heavy atom. The van der Waals surface area contributed by atoms with Gasteiger partial charge in [-0.1, -0.05) is 48.9 Å². The second-order valence-corrected chi connectivity index (χ2v) is 5.51. The molecule has 0 saturated carbocycles. The molecule has 0 aromatic heterocycles. The standard InChI is InChI=1S/C18H24N2/c1-5-15-7-6-8-16(11-15)18(20-19)17-13(3)9-12(2)10-14(17)4/h6-11,18,20H,5,19H2,1-4H3. The summed E-state index contributed by atoms with van der Waals surface area (Å²) in [5.41, 5.74) is 10.7. The van der Waals surface area contributed by atoms with Gasteiger partial charge in [0.05, 0.1) is 6.04 Å². The van der Waals surface area contributed by atoms with Crippen LogP contribution in [0.25, 0.3) is 0 Å². The van der Waals surface area contributed by atoms with E-state index in [1.165, 1.54) is 33.4 Å². The molecule has 2 aromatic carbocycles. The van der Waals surface area contributed by atoms with Crippen LogP contribution in [0.4, 0.5) is 0 Å². The first-order valence-electron chi connectivity index (χ1n) is 7.19. The summed E-state index contributed by atoms with van der Waals surface area (Å²) in [6.07, 6.45) is 1.04. The number of nitrogens with two attached hydrogens (primary N) is 1. The Hall–Kier alpha value is -1.64. The number of hydrogen-bond donors (Lipinski definition) is 2. The molecule has 0 amide bonds. The van der Waals surface area contributed by atoms with Gasteiger partial charge in [0, 0.05) is 0 Å². The number of benzene rings is 2. The first kappa shape index (κ1) is 14.8. The van der Waals surface area contributed by atoms with Gasteiger partial charge in [-0.2, -0.15) is 0 Å². The molecular formula is C18H24N2. The molecule has 0 aliphatic carbocycles. The summed E-state index contributed by atoms with van der Waals surface area (Å²) in [5, 5.41) is 0. The molecule has 0 saturated heterocycles. The normalized spacial score (nSPS) is 12.4. The van der Waals surface area contributed by atoms with E-state index in [2.05, 4.69) is 69.5 Å². The van der Waals surface area contributed by atoms with Crippen LogP contribution in [-0.4, -0.2) is 0 Å². The van der Waals surface area contributed by atoms with Crippen LogP contribution in [-0.2, 0) is 6.42 Å². The minimum atomic E-state index is 0.0436. The maximum Gasteiger partial charge on any atom is 0.0715 e. The van der Waals surface area contributed by atoms with Gasteiger partial charge in [0.25, 0.3) is 0 Å². The molecule has 0 fully saturated rings. The zero-order valence-electron chi connectivity index (χ0n) is 12.8. The smallest absolute Gasteiger partial charge is 0.0715 e. The molecule has 1 atom stereocenters. The molecule has 3 N–H and O–H groups in total. The largest absolute Gasteiger partial charge is 0.271 e. The van der Waals surface area contributed by atoms with Crippen molar-refractivity contribution < 1.29 is 0 Å². The number of hydrazine groups is 1. The van der Waals surface area contributed by atoms with Crippen LogP contribution < -0.4 is 11.3 Å². The Bertz CT molecular complexity index is 579. The van der Waals surface area contributed by atoms with Crippen molar-refractivity contribution in [2.24, 2.45) is 5.84 Å². The molecule has 2 heteroatoms. The van der Waals surface area contributed by atoms with Crippen LogP contribution in [0.2, 0.25) is 0 Å². The maximum absolute atomic E-state index is 5.85. The Balaban J connectivity index is 2.52. The summed E-state index contributed by atoms with van der Waals surface area (Å²) < 4.78 is 0. The predicted molar refractivity (Wildman–Crippen MR) is 85.6 cm³/mol. The molecule has 0 spiro atoms. The lowest BCUT2D eigenvalue weighted by atomic mass is 9.89. The summed E-state index contributed by atoms with van der Waals surface area (Å²) in [4.78, 5) is 0. The fourth-order valence-corrected chi connectivity index (χ4v) is 2.99. The van der Waals surface area contributed by atoms with E-state index in [9.17, 15) is 0 Å². The third kappa shape index (κ3) is 2.92. The molecule has 0 heterocycles. The summed E-state index contributed by atoms with van der Waals surface area (Å²) in [5.74, 6) is 5.85. The van der Waals surface area contributed by atoms with Crippen molar-refractivity contribution >= 4 is 0 Å². The fraction of sp³-hybridized carbons (Fsp3) is 0.333. The van der Waals surface area contributed by atoms with Crippen molar-refractivity contribution in [3.05, 3.63) is 69.8 Å². The lowest BCUT2D eigenvalue weighted by Gasteiger charge is -2.22. The summed E-state index contributed by atoms with van der Waals surface area (Å²) in [6, 6.07) is 13.1. The van der Waals surface area contributed by atoms with E-state index in [-0.39, 0.29) is 6.04 Å². The molecule has 2 rings (SSSR count). The van der Waals surface area contributed by atoms with Crippen LogP contribution in [0.3, 0.4) is 0 Å². The third-order valence-corrected chi connectivity index (χ3v) is 3.89. The minimum absolute atomic E-state index is 0.0436. The highest BCUT2D eigenvalue weighted by Gasteiger charge is 2.17. The topological polar surface area (TPSA) is 38.0 Å². The zero-order chi connectivity index (χ0) is 14.7. The Morgan fingerprint density at radius 2 is 1.70 bits per heavy atom. The maximum atomic E-state index is 5.85. The van der Waals surface area contributed by atoms with Crippen molar-refractivity contribution in [3.63, 3.8) is 0 Å². The van der Waals surface area contributed by atoms with Gasteiger partial charge in [-0.3, -0.25) is 5.84 Å². The first-order valence-corrected chi connectivity index (χ1v) is 7.19. The molecule has 2 nitrogen and oxygen atoms in total. The quantitative estimate of drug-likeness (QED) is 0.655. The van der Waals surface area contributed by atoms with Gasteiger partial charge in [0.2, 0.25) is 0 Å². The molecular weight excluding hydrogens is 244 g/mol. The second kappa shape index (κ2) is 6.21. The van der Waals surface area contributed by atoms with E-state index in [1.807, 2.05) is 0 Å². The van der Waals surface area contributed by atoms with E-state index in [0.29, 0.717) is 0 Å². The van der Waals surface area contributed by atoms with E-state index < -0.39 is 0 Å². The van der Waals surface area contributed by atoms with Crippen LogP contribution in [0.1, 0.15) is 46.3 Å². The van der Waals surface area contributed by atoms with E-state index in [1.54, 1.807) is 0 Å². The van der Waals surface area contributed by atoms with Crippen molar-refractivity contribution in [2.45, 2.75) is 40.2 Å². The van der Waals surface area contributed by atoms with Crippen LogP contribution >= 0.6 is 0 Å². The van der Waals surface area contributed by atoms with Crippen LogP contribution in [0.15, 0.2) is 36.4 Å². The van der Waals surface area contributed by atoms with E-state index in [4.69, 9.17) is 5.84 Å². The molecule has 20 heavy (non-hydrogen) atoms. The van der Waals surface area contributed by atoms with Crippen molar-refractivity contribution in [3.8, 4) is 0 Å². The van der Waals surface area contributed by atoms with Crippen molar-refractivity contribution in [2.75, 3.05) is 0 Å². The summed E-state index contributed by atoms with van der Waals surface area (Å²) in [7, 11) is 0. The van der Waals surface area contributed by atoms with E-state index in [0.717, 1.165) is 6.42 Å². The van der Waals surface area contributed by atoms with Gasteiger partial charge >= 0.3 is 0 Å².